The summed E-state index contributed by atoms with van der Waals surface area (Å²) in [4.78, 5) is 8.70. The summed E-state index contributed by atoms with van der Waals surface area (Å²) in [5, 5.41) is 8.84. The summed E-state index contributed by atoms with van der Waals surface area (Å²) < 4.78 is 15.6. The molecule has 0 amide bonds. The van der Waals surface area contributed by atoms with E-state index in [1.54, 1.807) is 36.7 Å². The molecular formula is C16H9ClFN5. The molecule has 0 fully saturated rings. The smallest absolute Gasteiger partial charge is 0.186 e. The Balaban J connectivity index is 1.95. The lowest BCUT2D eigenvalue weighted by Crippen LogP contribution is -1.94. The normalized spacial score (nSPS) is 11.0. The van der Waals surface area contributed by atoms with Gasteiger partial charge in [0.15, 0.2) is 11.5 Å². The third kappa shape index (κ3) is 2.43. The van der Waals surface area contributed by atoms with Crippen LogP contribution >= 0.6 is 11.6 Å². The first kappa shape index (κ1) is 13.8. The van der Waals surface area contributed by atoms with Gasteiger partial charge in [-0.2, -0.15) is 5.10 Å². The van der Waals surface area contributed by atoms with Crippen molar-refractivity contribution in [2.75, 3.05) is 0 Å². The topological polar surface area (TPSA) is 56.0 Å². The van der Waals surface area contributed by atoms with Gasteiger partial charge < -0.3 is 0 Å². The molecule has 3 aromatic heterocycles. The predicted octanol–water partition coefficient (Wildman–Crippen LogP) is 3.65. The van der Waals surface area contributed by atoms with Gasteiger partial charge >= 0.3 is 0 Å². The van der Waals surface area contributed by atoms with Crippen LogP contribution in [-0.4, -0.2) is 24.8 Å². The molecule has 4 aromatic rings. The van der Waals surface area contributed by atoms with Gasteiger partial charge in [-0.1, -0.05) is 11.6 Å². The average Bonchev–Trinajstić information content (AvgIpc) is 3.01. The highest BCUT2D eigenvalue weighted by Crippen LogP contribution is 2.31. The largest absolute Gasteiger partial charge is 0.255 e. The van der Waals surface area contributed by atoms with Crippen LogP contribution in [0.2, 0.25) is 5.02 Å². The molecule has 0 aliphatic carbocycles. The number of pyridine rings is 1. The molecule has 23 heavy (non-hydrogen) atoms. The number of aromatic nitrogens is 5. The second kappa shape index (κ2) is 5.40. The van der Waals surface area contributed by atoms with Gasteiger partial charge in [-0.05, 0) is 42.5 Å². The van der Waals surface area contributed by atoms with Crippen LogP contribution in [0.5, 0.6) is 0 Å². The van der Waals surface area contributed by atoms with Crippen LogP contribution in [0.3, 0.4) is 0 Å². The standard InChI is InChI=1S/C16H9ClFN5/c17-10-5-6-13(18)12(9-10)15-11(3-1-7-19-15)16-21-14-4-2-8-20-23(14)22-16/h1-9H. The minimum atomic E-state index is -0.406. The van der Waals surface area contributed by atoms with Crippen LogP contribution in [0, 0.1) is 5.82 Å². The molecule has 0 aliphatic rings. The van der Waals surface area contributed by atoms with Crippen LogP contribution in [0.15, 0.2) is 54.9 Å². The van der Waals surface area contributed by atoms with Crippen LogP contribution in [0.1, 0.15) is 0 Å². The fourth-order valence-electron chi connectivity index (χ4n) is 2.33. The molecule has 0 atom stereocenters. The highest BCUT2D eigenvalue weighted by Gasteiger charge is 2.16. The van der Waals surface area contributed by atoms with Crippen molar-refractivity contribution in [1.82, 2.24) is 24.8 Å². The highest BCUT2D eigenvalue weighted by molar-refractivity contribution is 6.30. The highest BCUT2D eigenvalue weighted by atomic mass is 35.5. The second-order valence-electron chi connectivity index (χ2n) is 4.83. The maximum atomic E-state index is 14.2. The fourth-order valence-corrected chi connectivity index (χ4v) is 2.50. The van der Waals surface area contributed by atoms with Crippen molar-refractivity contribution in [2.24, 2.45) is 0 Å². The minimum Gasteiger partial charge on any atom is -0.255 e. The van der Waals surface area contributed by atoms with E-state index in [9.17, 15) is 4.39 Å². The molecule has 3 heterocycles. The van der Waals surface area contributed by atoms with Gasteiger partial charge in [-0.3, -0.25) is 4.98 Å². The molecular weight excluding hydrogens is 317 g/mol. The molecule has 112 valence electrons. The maximum absolute atomic E-state index is 14.2. The molecule has 0 saturated carbocycles. The first-order chi connectivity index (χ1) is 11.2. The molecule has 1 aromatic carbocycles. The fraction of sp³-hybridized carbons (Fsp3) is 0. The Hall–Kier alpha value is -2.86. The molecule has 0 unspecified atom stereocenters. The molecule has 0 saturated heterocycles. The lowest BCUT2D eigenvalue weighted by atomic mass is 10.0. The monoisotopic (exact) mass is 325 g/mol. The molecule has 0 aliphatic heterocycles. The predicted molar refractivity (Wildman–Crippen MR) is 84.4 cm³/mol. The summed E-state index contributed by atoms with van der Waals surface area (Å²) in [5.41, 5.74) is 1.95. The van der Waals surface area contributed by atoms with Crippen molar-refractivity contribution in [3.8, 4) is 22.6 Å². The summed E-state index contributed by atoms with van der Waals surface area (Å²) in [6, 6.07) is 11.5. The van der Waals surface area contributed by atoms with Crippen LogP contribution in [0.25, 0.3) is 28.3 Å². The van der Waals surface area contributed by atoms with E-state index in [1.165, 1.54) is 22.8 Å². The molecule has 7 heteroatoms. The Morgan fingerprint density at radius 2 is 1.87 bits per heavy atom. The molecule has 4 rings (SSSR count). The van der Waals surface area contributed by atoms with Crippen LogP contribution in [0.4, 0.5) is 4.39 Å². The van der Waals surface area contributed by atoms with Gasteiger partial charge in [0, 0.05) is 28.5 Å². The zero-order valence-electron chi connectivity index (χ0n) is 11.7. The Bertz CT molecular complexity index is 981. The number of nitrogens with zero attached hydrogens (tertiary/aromatic N) is 5. The van der Waals surface area contributed by atoms with Gasteiger partial charge in [-0.25, -0.2) is 9.37 Å². The number of rotatable bonds is 2. The number of fused-ring (bicyclic) bond motifs is 1. The zero-order chi connectivity index (χ0) is 15.8. The molecule has 0 radical (unpaired) electrons. The maximum Gasteiger partial charge on any atom is 0.186 e. The van der Waals surface area contributed by atoms with Crippen molar-refractivity contribution in [3.05, 3.63) is 65.7 Å². The van der Waals surface area contributed by atoms with E-state index in [0.717, 1.165) is 0 Å². The third-order valence-electron chi connectivity index (χ3n) is 3.35. The summed E-state index contributed by atoms with van der Waals surface area (Å²) in [6.07, 6.45) is 3.21. The second-order valence-corrected chi connectivity index (χ2v) is 5.27. The van der Waals surface area contributed by atoms with Gasteiger partial charge in [0.25, 0.3) is 0 Å². The number of halogens is 2. The van der Waals surface area contributed by atoms with E-state index in [2.05, 4.69) is 20.2 Å². The number of hydrogen-bond acceptors (Lipinski definition) is 4. The summed E-state index contributed by atoms with van der Waals surface area (Å²) in [5.74, 6) is 0.0161. The van der Waals surface area contributed by atoms with Gasteiger partial charge in [0.05, 0.1) is 5.69 Å². The van der Waals surface area contributed by atoms with Crippen molar-refractivity contribution < 1.29 is 4.39 Å². The summed E-state index contributed by atoms with van der Waals surface area (Å²) in [7, 11) is 0. The zero-order valence-corrected chi connectivity index (χ0v) is 12.4. The Labute approximate surface area is 135 Å². The van der Waals surface area contributed by atoms with Gasteiger partial charge in [-0.15, -0.1) is 9.73 Å². The van der Waals surface area contributed by atoms with Crippen molar-refractivity contribution in [1.29, 1.82) is 0 Å². The van der Waals surface area contributed by atoms with Crippen molar-refractivity contribution in [2.45, 2.75) is 0 Å². The van der Waals surface area contributed by atoms with Crippen LogP contribution < -0.4 is 0 Å². The Morgan fingerprint density at radius 3 is 2.74 bits per heavy atom. The van der Waals surface area contributed by atoms with E-state index in [-0.39, 0.29) is 0 Å². The lowest BCUT2D eigenvalue weighted by Gasteiger charge is -2.07. The van der Waals surface area contributed by atoms with Gasteiger partial charge in [0.1, 0.15) is 5.82 Å². The molecule has 5 nitrogen and oxygen atoms in total. The Kier molecular flexibility index (Phi) is 3.24. The van der Waals surface area contributed by atoms with E-state index in [4.69, 9.17) is 11.6 Å². The minimum absolute atomic E-state index is 0.305. The molecule has 0 bridgehead atoms. The van der Waals surface area contributed by atoms with E-state index in [1.807, 2.05) is 0 Å². The quantitative estimate of drug-likeness (QED) is 0.564. The third-order valence-corrected chi connectivity index (χ3v) is 3.59. The lowest BCUT2D eigenvalue weighted by molar-refractivity contribution is 0.631. The van der Waals surface area contributed by atoms with Crippen molar-refractivity contribution >= 4 is 17.2 Å². The SMILES string of the molecule is Fc1ccc(Cl)cc1-c1ncccc1-c1nc2cccnn2n1. The summed E-state index contributed by atoms with van der Waals surface area (Å²) in [6.45, 7) is 0. The molecule has 0 spiro atoms. The number of hydrogen-bond donors (Lipinski definition) is 0. The van der Waals surface area contributed by atoms with E-state index in [0.29, 0.717) is 33.3 Å². The summed E-state index contributed by atoms with van der Waals surface area (Å²) >= 11 is 5.99. The van der Waals surface area contributed by atoms with Crippen molar-refractivity contribution in [3.63, 3.8) is 0 Å². The van der Waals surface area contributed by atoms with Crippen LogP contribution in [-0.2, 0) is 0 Å². The van der Waals surface area contributed by atoms with Gasteiger partial charge in [0.2, 0.25) is 0 Å². The Morgan fingerprint density at radius 1 is 1.00 bits per heavy atom. The molecule has 0 N–H and O–H groups in total. The first-order valence-electron chi connectivity index (χ1n) is 6.81. The van der Waals surface area contributed by atoms with E-state index >= 15 is 0 Å². The number of benzene rings is 1. The van der Waals surface area contributed by atoms with E-state index < -0.39 is 5.82 Å². The first-order valence-corrected chi connectivity index (χ1v) is 7.19. The average molecular weight is 326 g/mol.